The quantitative estimate of drug-likeness (QED) is 0.683. The first kappa shape index (κ1) is 20.6. The largest absolute Gasteiger partial charge is 0.480 e. The molecule has 3 atom stereocenters. The number of likely N-dealkylation sites (tertiary alicyclic amines) is 1. The van der Waals surface area contributed by atoms with E-state index in [1.807, 2.05) is 30.3 Å². The van der Waals surface area contributed by atoms with Crippen LogP contribution in [0.4, 0.5) is 8.78 Å². The molecule has 2 rings (SSSR count). The summed E-state index contributed by atoms with van der Waals surface area (Å²) in [4.78, 5) is 25.5. The van der Waals surface area contributed by atoms with Crippen LogP contribution in [0.5, 0.6) is 0 Å². The van der Waals surface area contributed by atoms with Crippen LogP contribution in [0.2, 0.25) is 0 Å². The third-order valence-corrected chi connectivity index (χ3v) is 5.41. The molecular formula is C18H24F2N2O3S. The minimum atomic E-state index is -2.44. The van der Waals surface area contributed by atoms with Gasteiger partial charge in [0, 0.05) is 18.3 Å². The Morgan fingerprint density at radius 3 is 2.65 bits per heavy atom. The van der Waals surface area contributed by atoms with Crippen LogP contribution in [-0.4, -0.2) is 58.1 Å². The summed E-state index contributed by atoms with van der Waals surface area (Å²) in [6.45, 7) is 2.33. The van der Waals surface area contributed by atoms with Crippen LogP contribution in [0.1, 0.15) is 25.3 Å². The molecule has 1 heterocycles. The van der Waals surface area contributed by atoms with Crippen molar-refractivity contribution in [1.82, 2.24) is 10.2 Å². The average molecular weight is 386 g/mol. The van der Waals surface area contributed by atoms with Gasteiger partial charge in [-0.2, -0.15) is 8.78 Å². The van der Waals surface area contributed by atoms with Gasteiger partial charge in [-0.25, -0.2) is 0 Å². The van der Waals surface area contributed by atoms with Crippen molar-refractivity contribution in [2.75, 3.05) is 13.1 Å². The molecule has 1 amide bonds. The number of carboxylic acids is 1. The lowest BCUT2D eigenvalue weighted by molar-refractivity contribution is -0.140. The number of aryl methyl sites for hydroxylation is 1. The van der Waals surface area contributed by atoms with Crippen molar-refractivity contribution in [3.63, 3.8) is 0 Å². The Kier molecular flexibility index (Phi) is 7.84. The molecule has 1 saturated heterocycles. The van der Waals surface area contributed by atoms with Crippen molar-refractivity contribution in [1.29, 1.82) is 0 Å². The number of nitrogens with zero attached hydrogens (tertiary/aromatic N) is 1. The van der Waals surface area contributed by atoms with Gasteiger partial charge < -0.3 is 10.0 Å². The summed E-state index contributed by atoms with van der Waals surface area (Å²) in [6.07, 6.45) is 1.48. The van der Waals surface area contributed by atoms with E-state index in [0.29, 0.717) is 37.6 Å². The highest BCUT2D eigenvalue weighted by Gasteiger charge is 2.32. The maximum Gasteiger partial charge on any atom is 0.320 e. The van der Waals surface area contributed by atoms with E-state index in [1.165, 1.54) is 4.90 Å². The zero-order valence-electron chi connectivity index (χ0n) is 14.6. The summed E-state index contributed by atoms with van der Waals surface area (Å²) < 4.78 is 24.9. The third kappa shape index (κ3) is 6.25. The standard InChI is InChI=1S/C18H24F2N2O3S/c1-12(16(23)22-10-9-14(11-22)26-18(19)20)21-15(17(24)25)8-7-13-5-3-2-4-6-13/h2-6,12,14-15,18,21H,7-11H2,1H3,(H,24,25)/t12-,14?,15-/m0/s1. The van der Waals surface area contributed by atoms with Gasteiger partial charge in [-0.15, -0.1) is 0 Å². The topological polar surface area (TPSA) is 69.6 Å². The van der Waals surface area contributed by atoms with Gasteiger partial charge in [-0.05, 0) is 31.7 Å². The number of thioether (sulfide) groups is 1. The Morgan fingerprint density at radius 1 is 1.35 bits per heavy atom. The van der Waals surface area contributed by atoms with Crippen molar-refractivity contribution in [2.45, 2.75) is 49.3 Å². The first-order valence-electron chi connectivity index (χ1n) is 8.62. The van der Waals surface area contributed by atoms with E-state index in [1.54, 1.807) is 6.92 Å². The van der Waals surface area contributed by atoms with Crippen LogP contribution in [0.25, 0.3) is 0 Å². The minimum absolute atomic E-state index is 0.242. The molecular weight excluding hydrogens is 362 g/mol. The number of carboxylic acid groups (broad SMARTS) is 1. The SMILES string of the molecule is C[C@H](N[C@@H](CCc1ccccc1)C(=O)O)C(=O)N1CCC(SC(F)F)C1. The zero-order valence-corrected chi connectivity index (χ0v) is 15.4. The van der Waals surface area contributed by atoms with Crippen LogP contribution in [0, 0.1) is 0 Å². The predicted octanol–water partition coefficient (Wildman–Crippen LogP) is 2.61. The van der Waals surface area contributed by atoms with Gasteiger partial charge in [0.1, 0.15) is 6.04 Å². The van der Waals surface area contributed by atoms with Crippen molar-refractivity contribution >= 4 is 23.6 Å². The Balaban J connectivity index is 1.85. The van der Waals surface area contributed by atoms with E-state index in [-0.39, 0.29) is 17.7 Å². The number of carbonyl (C=O) groups excluding carboxylic acids is 1. The normalized spacial score (nSPS) is 19.5. The minimum Gasteiger partial charge on any atom is -0.480 e. The second-order valence-electron chi connectivity index (χ2n) is 6.40. The highest BCUT2D eigenvalue weighted by Crippen LogP contribution is 2.28. The first-order chi connectivity index (χ1) is 12.4. The van der Waals surface area contributed by atoms with Gasteiger partial charge in [0.2, 0.25) is 5.91 Å². The summed E-state index contributed by atoms with van der Waals surface area (Å²) in [5, 5.41) is 12.0. The number of alkyl halides is 2. The number of carbonyl (C=O) groups is 2. The molecule has 0 bridgehead atoms. The van der Waals surface area contributed by atoms with Crippen molar-refractivity contribution in [2.24, 2.45) is 0 Å². The highest BCUT2D eigenvalue weighted by molar-refractivity contribution is 8.00. The molecule has 0 spiro atoms. The number of halogens is 2. The molecule has 1 aliphatic rings. The van der Waals surface area contributed by atoms with Crippen molar-refractivity contribution in [3.8, 4) is 0 Å². The fourth-order valence-electron chi connectivity index (χ4n) is 3.07. The molecule has 1 unspecified atom stereocenters. The molecule has 1 aliphatic heterocycles. The van der Waals surface area contributed by atoms with Crippen LogP contribution in [-0.2, 0) is 16.0 Å². The lowest BCUT2D eigenvalue weighted by Gasteiger charge is -2.24. The van der Waals surface area contributed by atoms with Gasteiger partial charge >= 0.3 is 5.97 Å². The van der Waals surface area contributed by atoms with Gasteiger partial charge in [-0.3, -0.25) is 14.9 Å². The molecule has 0 radical (unpaired) electrons. The molecule has 0 saturated carbocycles. The monoisotopic (exact) mass is 386 g/mol. The van der Waals surface area contributed by atoms with Crippen LogP contribution < -0.4 is 5.32 Å². The lowest BCUT2D eigenvalue weighted by Crippen LogP contribution is -2.50. The fraction of sp³-hybridized carbons (Fsp3) is 0.556. The lowest BCUT2D eigenvalue weighted by atomic mass is 10.0. The third-order valence-electron chi connectivity index (χ3n) is 4.44. The second-order valence-corrected chi connectivity index (χ2v) is 7.69. The number of nitrogens with one attached hydrogen (secondary N) is 1. The van der Waals surface area contributed by atoms with Gasteiger partial charge in [0.05, 0.1) is 6.04 Å². The zero-order chi connectivity index (χ0) is 19.1. The Labute approximate surface area is 156 Å². The Hall–Kier alpha value is -1.67. The van der Waals surface area contributed by atoms with E-state index in [2.05, 4.69) is 5.32 Å². The summed E-state index contributed by atoms with van der Waals surface area (Å²) >= 11 is 0.578. The Bertz CT molecular complexity index is 603. The molecule has 1 aromatic rings. The number of rotatable bonds is 9. The van der Waals surface area contributed by atoms with E-state index >= 15 is 0 Å². The predicted molar refractivity (Wildman–Crippen MR) is 97.4 cm³/mol. The first-order valence-corrected chi connectivity index (χ1v) is 9.56. The van der Waals surface area contributed by atoms with Crippen LogP contribution in [0.3, 0.4) is 0 Å². The summed E-state index contributed by atoms with van der Waals surface area (Å²) in [5.41, 5.74) is 1.03. The van der Waals surface area contributed by atoms with E-state index in [0.717, 1.165) is 5.56 Å². The maximum absolute atomic E-state index is 12.5. The average Bonchev–Trinajstić information content (AvgIpc) is 3.06. The van der Waals surface area contributed by atoms with Crippen molar-refractivity contribution in [3.05, 3.63) is 35.9 Å². The maximum atomic E-state index is 12.5. The smallest absolute Gasteiger partial charge is 0.320 e. The van der Waals surface area contributed by atoms with Crippen LogP contribution in [0.15, 0.2) is 30.3 Å². The van der Waals surface area contributed by atoms with Gasteiger partial charge in [0.25, 0.3) is 5.76 Å². The summed E-state index contributed by atoms with van der Waals surface area (Å²) in [5.74, 6) is -3.69. The second kappa shape index (κ2) is 9.87. The number of aliphatic carboxylic acids is 1. The number of benzene rings is 1. The molecule has 2 N–H and O–H groups in total. The molecule has 0 aliphatic carbocycles. The van der Waals surface area contributed by atoms with E-state index < -0.39 is 23.8 Å². The number of hydrogen-bond donors (Lipinski definition) is 2. The summed E-state index contributed by atoms with van der Waals surface area (Å²) in [6, 6.07) is 8.02. The molecule has 0 aromatic heterocycles. The van der Waals surface area contributed by atoms with E-state index in [4.69, 9.17) is 0 Å². The highest BCUT2D eigenvalue weighted by atomic mass is 32.2. The fourth-order valence-corrected chi connectivity index (χ4v) is 3.86. The summed E-state index contributed by atoms with van der Waals surface area (Å²) in [7, 11) is 0. The van der Waals surface area contributed by atoms with Crippen LogP contribution >= 0.6 is 11.8 Å². The molecule has 144 valence electrons. The van der Waals surface area contributed by atoms with Gasteiger partial charge in [-0.1, -0.05) is 42.1 Å². The number of amides is 1. The molecule has 8 heteroatoms. The van der Waals surface area contributed by atoms with Gasteiger partial charge in [0.15, 0.2) is 0 Å². The molecule has 1 aromatic carbocycles. The molecule has 1 fully saturated rings. The molecule has 26 heavy (non-hydrogen) atoms. The Morgan fingerprint density at radius 2 is 2.04 bits per heavy atom. The molecule has 5 nitrogen and oxygen atoms in total. The number of hydrogen-bond acceptors (Lipinski definition) is 4. The van der Waals surface area contributed by atoms with Crippen molar-refractivity contribution < 1.29 is 23.5 Å². The van der Waals surface area contributed by atoms with E-state index in [9.17, 15) is 23.5 Å².